The van der Waals surface area contributed by atoms with E-state index in [4.69, 9.17) is 0 Å². The minimum Gasteiger partial charge on any atom is -0.341 e. The van der Waals surface area contributed by atoms with E-state index in [1.54, 1.807) is 6.92 Å². The van der Waals surface area contributed by atoms with Gasteiger partial charge in [0.15, 0.2) is 12.3 Å². The Morgan fingerprint density at radius 3 is 2.33 bits per heavy atom. The predicted octanol–water partition coefficient (Wildman–Crippen LogP) is 1.98. The van der Waals surface area contributed by atoms with Gasteiger partial charge >= 0.3 is 0 Å². The van der Waals surface area contributed by atoms with Gasteiger partial charge in [-0.1, -0.05) is 49.6 Å². The lowest BCUT2D eigenvalue weighted by Gasteiger charge is -2.19. The van der Waals surface area contributed by atoms with Crippen molar-refractivity contribution in [2.24, 2.45) is 0 Å². The Balaban J connectivity index is 1.78. The molecule has 0 radical (unpaired) electrons. The summed E-state index contributed by atoms with van der Waals surface area (Å²) in [7, 11) is 0. The number of carbonyl (C=O) groups excluding carboxylic acids is 2. The Hall–Kier alpha value is -1.68. The highest BCUT2D eigenvalue weighted by molar-refractivity contribution is 5.87. The first-order valence-corrected chi connectivity index (χ1v) is 9.32. The number of hydrogen-bond acceptors (Lipinski definition) is 2. The number of rotatable bonds is 7. The fourth-order valence-corrected chi connectivity index (χ4v) is 3.40. The SMILES string of the molecule is CC(=O)[C@@H](Cc1ccccc1)NC(=O)C[NH2+]C1CCCCCCC1. The smallest absolute Gasteiger partial charge is 0.275 e. The average Bonchev–Trinajstić information content (AvgIpc) is 2.54. The molecule has 2 rings (SSSR count). The molecule has 0 saturated heterocycles. The zero-order valence-electron chi connectivity index (χ0n) is 14.8. The molecule has 1 amide bonds. The van der Waals surface area contributed by atoms with Crippen LogP contribution < -0.4 is 10.6 Å². The topological polar surface area (TPSA) is 62.8 Å². The van der Waals surface area contributed by atoms with Crippen LogP contribution >= 0.6 is 0 Å². The van der Waals surface area contributed by atoms with Crippen LogP contribution in [0.3, 0.4) is 0 Å². The highest BCUT2D eigenvalue weighted by Gasteiger charge is 2.20. The van der Waals surface area contributed by atoms with E-state index >= 15 is 0 Å². The fourth-order valence-electron chi connectivity index (χ4n) is 3.40. The van der Waals surface area contributed by atoms with Gasteiger partial charge in [-0.15, -0.1) is 0 Å². The third-order valence-corrected chi connectivity index (χ3v) is 4.89. The Morgan fingerprint density at radius 2 is 1.71 bits per heavy atom. The minimum atomic E-state index is -0.425. The number of amides is 1. The van der Waals surface area contributed by atoms with E-state index in [0.717, 1.165) is 5.56 Å². The normalized spacial score (nSPS) is 17.5. The lowest BCUT2D eigenvalue weighted by molar-refractivity contribution is -0.680. The van der Waals surface area contributed by atoms with E-state index in [0.29, 0.717) is 19.0 Å². The van der Waals surface area contributed by atoms with Gasteiger partial charge in [-0.2, -0.15) is 0 Å². The zero-order valence-corrected chi connectivity index (χ0v) is 14.8. The van der Waals surface area contributed by atoms with Crippen LogP contribution in [0.1, 0.15) is 57.4 Å². The van der Waals surface area contributed by atoms with E-state index in [-0.39, 0.29) is 11.7 Å². The molecule has 0 bridgehead atoms. The summed E-state index contributed by atoms with van der Waals surface area (Å²) >= 11 is 0. The van der Waals surface area contributed by atoms with Crippen molar-refractivity contribution in [1.82, 2.24) is 5.32 Å². The Bertz CT molecular complexity index is 508. The standard InChI is InChI=1S/C20H30N2O2/c1-16(23)19(14-17-10-6-5-7-11-17)22-20(24)15-21-18-12-8-3-2-4-9-13-18/h5-7,10-11,18-19,21H,2-4,8-9,12-15H2,1H3,(H,22,24)/p+1/t19-/m1/s1. The summed E-state index contributed by atoms with van der Waals surface area (Å²) in [5.41, 5.74) is 1.07. The van der Waals surface area contributed by atoms with Crippen molar-refractivity contribution in [3.63, 3.8) is 0 Å². The number of ketones is 1. The van der Waals surface area contributed by atoms with Gasteiger partial charge < -0.3 is 10.6 Å². The molecule has 4 heteroatoms. The van der Waals surface area contributed by atoms with Crippen molar-refractivity contribution in [3.8, 4) is 0 Å². The van der Waals surface area contributed by atoms with Crippen molar-refractivity contribution in [3.05, 3.63) is 35.9 Å². The summed E-state index contributed by atoms with van der Waals surface area (Å²) < 4.78 is 0. The third-order valence-electron chi connectivity index (χ3n) is 4.89. The Kier molecular flexibility index (Phi) is 7.96. The van der Waals surface area contributed by atoms with Crippen molar-refractivity contribution in [2.75, 3.05) is 6.54 Å². The average molecular weight is 331 g/mol. The molecule has 0 aromatic heterocycles. The number of nitrogens with two attached hydrogens (primary N) is 1. The van der Waals surface area contributed by atoms with E-state index in [2.05, 4.69) is 10.6 Å². The van der Waals surface area contributed by atoms with Gasteiger partial charge in [-0.05, 0) is 44.6 Å². The number of Topliss-reactive ketones (excluding diaryl/α,β-unsaturated/α-hetero) is 1. The molecule has 1 aliphatic carbocycles. The summed E-state index contributed by atoms with van der Waals surface area (Å²) in [5, 5.41) is 5.08. The Labute approximate surface area is 145 Å². The molecule has 4 nitrogen and oxygen atoms in total. The minimum absolute atomic E-state index is 0.0122. The second kappa shape index (κ2) is 10.2. The van der Waals surface area contributed by atoms with Gasteiger partial charge in [-0.3, -0.25) is 9.59 Å². The molecule has 1 aliphatic rings. The molecular weight excluding hydrogens is 300 g/mol. The molecule has 0 spiro atoms. The first-order chi connectivity index (χ1) is 11.6. The lowest BCUT2D eigenvalue weighted by Crippen LogP contribution is -2.92. The maximum atomic E-state index is 12.3. The number of carbonyl (C=O) groups is 2. The highest BCUT2D eigenvalue weighted by Crippen LogP contribution is 2.14. The van der Waals surface area contributed by atoms with Gasteiger partial charge in [0.1, 0.15) is 0 Å². The van der Waals surface area contributed by atoms with Crippen LogP contribution in [-0.4, -0.2) is 30.3 Å². The first kappa shape index (κ1) is 18.7. The van der Waals surface area contributed by atoms with Gasteiger partial charge in [0, 0.05) is 0 Å². The van der Waals surface area contributed by atoms with Crippen molar-refractivity contribution in [2.45, 2.75) is 70.4 Å². The second-order valence-corrected chi connectivity index (χ2v) is 6.97. The summed E-state index contributed by atoms with van der Waals surface area (Å²) in [4.78, 5) is 24.1. The fraction of sp³-hybridized carbons (Fsp3) is 0.600. The molecular formula is C20H31N2O2+. The first-order valence-electron chi connectivity index (χ1n) is 9.32. The van der Waals surface area contributed by atoms with Crippen LogP contribution in [0, 0.1) is 0 Å². The summed E-state index contributed by atoms with van der Waals surface area (Å²) in [6, 6.07) is 9.97. The van der Waals surface area contributed by atoms with E-state index in [9.17, 15) is 9.59 Å². The van der Waals surface area contributed by atoms with Crippen LogP contribution in [0.5, 0.6) is 0 Å². The van der Waals surface area contributed by atoms with Gasteiger partial charge in [0.2, 0.25) is 0 Å². The molecule has 1 aromatic carbocycles. The zero-order chi connectivity index (χ0) is 17.2. The molecule has 24 heavy (non-hydrogen) atoms. The molecule has 1 saturated carbocycles. The van der Waals surface area contributed by atoms with E-state index in [1.165, 1.54) is 44.9 Å². The van der Waals surface area contributed by atoms with Crippen molar-refractivity contribution in [1.29, 1.82) is 0 Å². The largest absolute Gasteiger partial charge is 0.341 e. The molecule has 1 fully saturated rings. The molecule has 3 N–H and O–H groups in total. The number of nitrogens with one attached hydrogen (secondary N) is 1. The van der Waals surface area contributed by atoms with Crippen LogP contribution in [0.25, 0.3) is 0 Å². The van der Waals surface area contributed by atoms with E-state index in [1.807, 2.05) is 30.3 Å². The monoisotopic (exact) mass is 331 g/mol. The summed E-state index contributed by atoms with van der Waals surface area (Å²) in [5.74, 6) is -0.0219. The van der Waals surface area contributed by atoms with Gasteiger partial charge in [0.05, 0.1) is 12.1 Å². The number of benzene rings is 1. The van der Waals surface area contributed by atoms with Crippen LogP contribution in [-0.2, 0) is 16.0 Å². The lowest BCUT2D eigenvalue weighted by atomic mass is 9.97. The molecule has 1 aromatic rings. The van der Waals surface area contributed by atoms with Crippen molar-refractivity contribution < 1.29 is 14.9 Å². The highest BCUT2D eigenvalue weighted by atomic mass is 16.2. The second-order valence-electron chi connectivity index (χ2n) is 6.97. The molecule has 132 valence electrons. The van der Waals surface area contributed by atoms with Crippen molar-refractivity contribution >= 4 is 11.7 Å². The Morgan fingerprint density at radius 1 is 1.08 bits per heavy atom. The van der Waals surface area contributed by atoms with Crippen LogP contribution in [0.4, 0.5) is 0 Å². The number of hydrogen-bond donors (Lipinski definition) is 2. The molecule has 1 atom stereocenters. The third kappa shape index (κ3) is 6.83. The number of quaternary nitrogens is 1. The predicted molar refractivity (Wildman–Crippen MR) is 95.7 cm³/mol. The summed E-state index contributed by atoms with van der Waals surface area (Å²) in [6.07, 6.45) is 9.50. The maximum Gasteiger partial charge on any atom is 0.275 e. The maximum absolute atomic E-state index is 12.3. The molecule has 0 unspecified atom stereocenters. The molecule has 0 aliphatic heterocycles. The van der Waals surface area contributed by atoms with E-state index < -0.39 is 6.04 Å². The summed E-state index contributed by atoms with van der Waals surface area (Å²) in [6.45, 7) is 1.97. The van der Waals surface area contributed by atoms with Gasteiger partial charge in [0.25, 0.3) is 5.91 Å². The quantitative estimate of drug-likeness (QED) is 0.802. The molecule has 0 heterocycles. The van der Waals surface area contributed by atoms with Gasteiger partial charge in [-0.25, -0.2) is 0 Å². The van der Waals surface area contributed by atoms with Crippen LogP contribution in [0.15, 0.2) is 30.3 Å². The van der Waals surface area contributed by atoms with Crippen LogP contribution in [0.2, 0.25) is 0 Å².